The zero-order valence-corrected chi connectivity index (χ0v) is 20.7. The van der Waals surface area contributed by atoms with Gasteiger partial charge in [0.05, 0.1) is 27.4 Å². The molecule has 0 fully saturated rings. The Morgan fingerprint density at radius 3 is 2.25 bits per heavy atom. The van der Waals surface area contributed by atoms with Gasteiger partial charge in [-0.05, 0) is 58.7 Å². The van der Waals surface area contributed by atoms with Crippen LogP contribution >= 0.6 is 0 Å². The number of hydrogen-bond donors (Lipinski definition) is 0. The van der Waals surface area contributed by atoms with Gasteiger partial charge in [-0.15, -0.1) is 0 Å². The van der Waals surface area contributed by atoms with Crippen LogP contribution in [-0.2, 0) is 6.42 Å². The van der Waals surface area contributed by atoms with Gasteiger partial charge in [-0.25, -0.2) is 0 Å². The van der Waals surface area contributed by atoms with Crippen molar-refractivity contribution in [3.63, 3.8) is 0 Å². The van der Waals surface area contributed by atoms with E-state index in [1.165, 1.54) is 0 Å². The van der Waals surface area contributed by atoms with Crippen LogP contribution in [0.1, 0.15) is 27.5 Å². The van der Waals surface area contributed by atoms with Crippen LogP contribution in [0.4, 0.5) is 0 Å². The second-order valence-electron chi connectivity index (χ2n) is 8.66. The molecule has 0 spiro atoms. The molecule has 5 rings (SSSR count). The minimum Gasteiger partial charge on any atom is -0.493 e. The topological polar surface area (TPSA) is 57.2 Å². The Bertz CT molecular complexity index is 1390. The van der Waals surface area contributed by atoms with Crippen LogP contribution in [0, 0.1) is 0 Å². The molecule has 0 radical (unpaired) electrons. The monoisotopic (exact) mass is 483 g/mol. The highest BCUT2D eigenvalue weighted by Crippen LogP contribution is 2.40. The van der Waals surface area contributed by atoms with Crippen molar-refractivity contribution in [2.75, 3.05) is 34.5 Å². The summed E-state index contributed by atoms with van der Waals surface area (Å²) < 4.78 is 22.9. The average molecular weight is 484 g/mol. The molecule has 4 aromatic rings. The highest BCUT2D eigenvalue weighted by Gasteiger charge is 2.34. The Balaban J connectivity index is 1.56. The fraction of sp³-hybridized carbons (Fsp3) is 0.233. The van der Waals surface area contributed by atoms with Crippen molar-refractivity contribution >= 4 is 16.7 Å². The van der Waals surface area contributed by atoms with E-state index in [9.17, 15) is 4.79 Å². The highest BCUT2D eigenvalue weighted by atomic mass is 16.5. The lowest BCUT2D eigenvalue weighted by Gasteiger charge is -2.38. The van der Waals surface area contributed by atoms with Gasteiger partial charge in [-0.2, -0.15) is 0 Å². The van der Waals surface area contributed by atoms with Crippen LogP contribution < -0.4 is 18.9 Å². The largest absolute Gasteiger partial charge is 0.493 e. The van der Waals surface area contributed by atoms with Gasteiger partial charge in [0.1, 0.15) is 6.61 Å². The molecular weight excluding hydrogens is 454 g/mol. The van der Waals surface area contributed by atoms with Gasteiger partial charge in [0.2, 0.25) is 0 Å². The quantitative estimate of drug-likeness (QED) is 0.338. The molecule has 0 saturated carbocycles. The third kappa shape index (κ3) is 4.31. The number of benzene rings is 4. The Labute approximate surface area is 211 Å². The van der Waals surface area contributed by atoms with Crippen LogP contribution in [0.25, 0.3) is 10.8 Å². The predicted octanol–water partition coefficient (Wildman–Crippen LogP) is 5.68. The Morgan fingerprint density at radius 1 is 0.806 bits per heavy atom. The molecule has 6 heteroatoms. The summed E-state index contributed by atoms with van der Waals surface area (Å²) in [6.07, 6.45) is 0.706. The summed E-state index contributed by atoms with van der Waals surface area (Å²) in [5, 5.41) is 1.97. The molecular formula is C30H29NO5. The molecule has 36 heavy (non-hydrogen) atoms. The second kappa shape index (κ2) is 10.2. The number of amides is 1. The molecule has 0 unspecified atom stereocenters. The number of methoxy groups -OCH3 is 3. The maximum Gasteiger partial charge on any atom is 0.255 e. The van der Waals surface area contributed by atoms with Crippen molar-refractivity contribution in [3.05, 3.63) is 95.6 Å². The molecule has 0 bridgehead atoms. The molecule has 0 aromatic heterocycles. The van der Waals surface area contributed by atoms with Crippen LogP contribution in [0.15, 0.2) is 78.9 Å². The van der Waals surface area contributed by atoms with Crippen molar-refractivity contribution in [2.24, 2.45) is 0 Å². The molecule has 184 valence electrons. The molecule has 0 aliphatic carbocycles. The number of nitrogens with zero attached hydrogens (tertiary/aromatic N) is 1. The van der Waals surface area contributed by atoms with Gasteiger partial charge in [-0.3, -0.25) is 4.79 Å². The average Bonchev–Trinajstić information content (AvgIpc) is 2.94. The molecule has 0 N–H and O–H groups in total. The van der Waals surface area contributed by atoms with Crippen LogP contribution in [0.2, 0.25) is 0 Å². The summed E-state index contributed by atoms with van der Waals surface area (Å²) in [6, 6.07) is 25.0. The summed E-state index contributed by atoms with van der Waals surface area (Å²) in [4.78, 5) is 15.9. The maximum absolute atomic E-state index is 14.0. The first-order valence-electron chi connectivity index (χ1n) is 11.9. The molecule has 0 saturated heterocycles. The molecule has 1 heterocycles. The summed E-state index contributed by atoms with van der Waals surface area (Å²) in [5.41, 5.74) is 2.78. The molecule has 1 atom stereocenters. The van der Waals surface area contributed by atoms with E-state index in [0.29, 0.717) is 41.5 Å². The van der Waals surface area contributed by atoms with Crippen molar-refractivity contribution in [1.82, 2.24) is 4.90 Å². The van der Waals surface area contributed by atoms with Crippen molar-refractivity contribution in [1.29, 1.82) is 0 Å². The summed E-state index contributed by atoms with van der Waals surface area (Å²) in [6.45, 7) is 0.823. The van der Waals surface area contributed by atoms with Crippen molar-refractivity contribution in [3.8, 4) is 23.0 Å². The lowest BCUT2D eigenvalue weighted by atomic mass is 9.91. The Hall–Kier alpha value is -4.19. The number of carbonyl (C=O) groups is 1. The number of hydrogen-bond acceptors (Lipinski definition) is 5. The lowest BCUT2D eigenvalue weighted by molar-refractivity contribution is 0.0589. The zero-order chi connectivity index (χ0) is 25.1. The Kier molecular flexibility index (Phi) is 6.67. The first-order valence-corrected chi connectivity index (χ1v) is 11.9. The van der Waals surface area contributed by atoms with Gasteiger partial charge in [0.15, 0.2) is 23.0 Å². The van der Waals surface area contributed by atoms with Crippen molar-refractivity contribution in [2.45, 2.75) is 12.5 Å². The van der Waals surface area contributed by atoms with E-state index in [4.69, 9.17) is 18.9 Å². The third-order valence-electron chi connectivity index (χ3n) is 6.75. The maximum atomic E-state index is 14.0. The molecule has 6 nitrogen and oxygen atoms in total. The first-order chi connectivity index (χ1) is 17.6. The van der Waals surface area contributed by atoms with Crippen molar-refractivity contribution < 1.29 is 23.7 Å². The molecule has 1 amide bonds. The summed E-state index contributed by atoms with van der Waals surface area (Å²) in [7, 11) is 4.86. The minimum atomic E-state index is -0.329. The van der Waals surface area contributed by atoms with Crippen LogP contribution in [-0.4, -0.2) is 45.3 Å². The first kappa shape index (κ1) is 23.5. The van der Waals surface area contributed by atoms with Gasteiger partial charge in [0, 0.05) is 12.1 Å². The van der Waals surface area contributed by atoms with Crippen LogP contribution in [0.5, 0.6) is 23.0 Å². The minimum absolute atomic E-state index is 0.0270. The summed E-state index contributed by atoms with van der Waals surface area (Å²) >= 11 is 0. The van der Waals surface area contributed by atoms with E-state index in [0.717, 1.165) is 21.9 Å². The van der Waals surface area contributed by atoms with Gasteiger partial charge in [-0.1, -0.05) is 48.5 Å². The zero-order valence-electron chi connectivity index (χ0n) is 20.7. The van der Waals surface area contributed by atoms with E-state index in [2.05, 4.69) is 0 Å². The van der Waals surface area contributed by atoms with E-state index < -0.39 is 0 Å². The Morgan fingerprint density at radius 2 is 1.47 bits per heavy atom. The van der Waals surface area contributed by atoms with Gasteiger partial charge >= 0.3 is 0 Å². The van der Waals surface area contributed by atoms with E-state index in [-0.39, 0.29) is 18.6 Å². The number of carbonyl (C=O) groups excluding carboxylic acids is 1. The number of rotatable bonds is 7. The van der Waals surface area contributed by atoms with Gasteiger partial charge in [0.25, 0.3) is 5.91 Å². The lowest BCUT2D eigenvalue weighted by Crippen LogP contribution is -2.42. The fourth-order valence-electron chi connectivity index (χ4n) is 4.92. The normalized spacial score (nSPS) is 14.8. The van der Waals surface area contributed by atoms with E-state index in [1.54, 1.807) is 21.3 Å². The highest BCUT2D eigenvalue weighted by molar-refractivity contribution is 6.07. The van der Waals surface area contributed by atoms with E-state index >= 15 is 0 Å². The van der Waals surface area contributed by atoms with Crippen LogP contribution in [0.3, 0.4) is 0 Å². The SMILES string of the molecule is COc1cc2c(cc1OC)[C@H](COc1ccccc1OC)N(C(=O)c1cccc3ccccc13)CC2. The fourth-order valence-corrected chi connectivity index (χ4v) is 4.92. The number of fused-ring (bicyclic) bond motifs is 2. The van der Waals surface area contributed by atoms with E-state index in [1.807, 2.05) is 83.8 Å². The molecule has 1 aliphatic rings. The third-order valence-corrected chi connectivity index (χ3v) is 6.75. The molecule has 4 aromatic carbocycles. The number of ether oxygens (including phenoxy) is 4. The second-order valence-corrected chi connectivity index (χ2v) is 8.66. The summed E-state index contributed by atoms with van der Waals surface area (Å²) in [5.74, 6) is 2.55. The molecule has 1 aliphatic heterocycles. The van der Waals surface area contributed by atoms with Gasteiger partial charge < -0.3 is 23.8 Å². The number of para-hydroxylation sites is 2. The smallest absolute Gasteiger partial charge is 0.255 e. The standard InChI is InChI=1S/C30H29NO5/c1-33-26-13-6-7-14-27(26)36-19-25-24-18-29(35-3)28(34-2)17-21(24)15-16-31(25)30(32)23-12-8-10-20-9-4-5-11-22(20)23/h4-14,17-18,25H,15-16,19H2,1-3H3/t25-/m0/s1. The predicted molar refractivity (Wildman–Crippen MR) is 139 cm³/mol.